The van der Waals surface area contributed by atoms with E-state index in [1.807, 2.05) is 6.07 Å². The number of rotatable bonds is 2. The van der Waals surface area contributed by atoms with E-state index in [4.69, 9.17) is 5.73 Å². The molecule has 1 aliphatic rings. The monoisotopic (exact) mass is 235 g/mol. The summed E-state index contributed by atoms with van der Waals surface area (Å²) in [5.41, 5.74) is 6.97. The molecule has 17 heavy (non-hydrogen) atoms. The third-order valence-electron chi connectivity index (χ3n) is 3.62. The second-order valence-electron chi connectivity index (χ2n) is 5.24. The maximum Gasteiger partial charge on any atom is 0.155 e. The van der Waals surface area contributed by atoms with Crippen LogP contribution in [0.1, 0.15) is 19.4 Å². The van der Waals surface area contributed by atoms with Gasteiger partial charge >= 0.3 is 0 Å². The Labute approximate surface area is 103 Å². The molecule has 1 fully saturated rings. The SMILES string of the molecule is CN1CCN(c2nnccc2CN)CC1(C)C. The standard InChI is InChI=1S/C12H21N5/c1-12(2)9-17(7-6-16(12)3)11-10(8-13)4-5-14-15-11/h4-5H,6-9,13H2,1-3H3. The lowest BCUT2D eigenvalue weighted by Crippen LogP contribution is -2.58. The molecule has 2 heterocycles. The van der Waals surface area contributed by atoms with E-state index in [1.165, 1.54) is 0 Å². The zero-order valence-corrected chi connectivity index (χ0v) is 10.8. The molecule has 0 spiro atoms. The number of nitrogens with zero attached hydrogens (tertiary/aromatic N) is 4. The summed E-state index contributed by atoms with van der Waals surface area (Å²) < 4.78 is 0. The Balaban J connectivity index is 2.23. The second-order valence-corrected chi connectivity index (χ2v) is 5.24. The molecule has 5 heteroatoms. The van der Waals surface area contributed by atoms with Crippen molar-refractivity contribution in [2.75, 3.05) is 31.6 Å². The maximum atomic E-state index is 5.75. The van der Waals surface area contributed by atoms with Crippen molar-refractivity contribution < 1.29 is 0 Å². The average Bonchev–Trinajstić information content (AvgIpc) is 2.32. The van der Waals surface area contributed by atoms with Crippen LogP contribution in [0, 0.1) is 0 Å². The number of hydrogen-bond acceptors (Lipinski definition) is 5. The van der Waals surface area contributed by atoms with Gasteiger partial charge < -0.3 is 10.6 Å². The highest BCUT2D eigenvalue weighted by atomic mass is 15.3. The molecule has 5 nitrogen and oxygen atoms in total. The van der Waals surface area contributed by atoms with E-state index >= 15 is 0 Å². The molecule has 94 valence electrons. The van der Waals surface area contributed by atoms with E-state index in [2.05, 4.69) is 40.9 Å². The van der Waals surface area contributed by atoms with Gasteiger partial charge in [0.1, 0.15) is 0 Å². The van der Waals surface area contributed by atoms with Gasteiger partial charge in [0.2, 0.25) is 0 Å². The van der Waals surface area contributed by atoms with Crippen LogP contribution in [-0.4, -0.2) is 47.3 Å². The lowest BCUT2D eigenvalue weighted by molar-refractivity contribution is 0.138. The number of piperazine rings is 1. The molecule has 1 aromatic heterocycles. The molecule has 0 bridgehead atoms. The minimum atomic E-state index is 0.154. The third-order valence-corrected chi connectivity index (χ3v) is 3.62. The van der Waals surface area contributed by atoms with Crippen molar-refractivity contribution in [1.82, 2.24) is 15.1 Å². The normalized spacial score (nSPS) is 20.6. The van der Waals surface area contributed by atoms with Crippen LogP contribution in [0.2, 0.25) is 0 Å². The first-order chi connectivity index (χ1) is 8.04. The molecule has 1 aromatic rings. The first-order valence-corrected chi connectivity index (χ1v) is 6.01. The van der Waals surface area contributed by atoms with E-state index in [-0.39, 0.29) is 5.54 Å². The average molecular weight is 235 g/mol. The van der Waals surface area contributed by atoms with Crippen LogP contribution < -0.4 is 10.6 Å². The van der Waals surface area contributed by atoms with Gasteiger partial charge in [-0.3, -0.25) is 4.90 Å². The van der Waals surface area contributed by atoms with E-state index in [0.717, 1.165) is 31.0 Å². The van der Waals surface area contributed by atoms with Crippen molar-refractivity contribution in [1.29, 1.82) is 0 Å². The minimum absolute atomic E-state index is 0.154. The molecule has 0 amide bonds. The Bertz CT molecular complexity index is 390. The predicted octanol–water partition coefficient (Wildman–Crippen LogP) is 0.466. The second kappa shape index (κ2) is 4.58. The summed E-state index contributed by atoms with van der Waals surface area (Å²) in [5.74, 6) is 0.941. The van der Waals surface area contributed by atoms with Gasteiger partial charge in [-0.2, -0.15) is 5.10 Å². The molecule has 0 unspecified atom stereocenters. The molecule has 0 saturated carbocycles. The largest absolute Gasteiger partial charge is 0.352 e. The van der Waals surface area contributed by atoms with Gasteiger partial charge in [0.05, 0.1) is 6.20 Å². The van der Waals surface area contributed by atoms with Crippen LogP contribution in [0.15, 0.2) is 12.3 Å². The summed E-state index contributed by atoms with van der Waals surface area (Å²) in [4.78, 5) is 4.66. The van der Waals surface area contributed by atoms with Crippen molar-refractivity contribution in [3.8, 4) is 0 Å². The van der Waals surface area contributed by atoms with Gasteiger partial charge in [-0.1, -0.05) is 0 Å². The van der Waals surface area contributed by atoms with Crippen molar-refractivity contribution >= 4 is 5.82 Å². The zero-order chi connectivity index (χ0) is 12.5. The molecule has 0 atom stereocenters. The summed E-state index contributed by atoms with van der Waals surface area (Å²) in [7, 11) is 2.16. The van der Waals surface area contributed by atoms with Crippen molar-refractivity contribution in [3.05, 3.63) is 17.8 Å². The first-order valence-electron chi connectivity index (χ1n) is 6.01. The number of anilines is 1. The highest BCUT2D eigenvalue weighted by Crippen LogP contribution is 2.24. The molecule has 1 aliphatic heterocycles. The third kappa shape index (κ3) is 2.40. The number of aromatic nitrogens is 2. The van der Waals surface area contributed by atoms with Gasteiger partial charge in [-0.25, -0.2) is 0 Å². The molecule has 2 N–H and O–H groups in total. The summed E-state index contributed by atoms with van der Waals surface area (Å²) >= 11 is 0. The van der Waals surface area contributed by atoms with Gasteiger partial charge in [-0.05, 0) is 27.0 Å². The number of likely N-dealkylation sites (N-methyl/N-ethyl adjacent to an activating group) is 1. The minimum Gasteiger partial charge on any atom is -0.352 e. The Morgan fingerprint density at radius 1 is 1.41 bits per heavy atom. The Hall–Kier alpha value is -1.20. The van der Waals surface area contributed by atoms with Crippen LogP contribution in [0.5, 0.6) is 0 Å². The van der Waals surface area contributed by atoms with E-state index in [9.17, 15) is 0 Å². The number of nitrogens with two attached hydrogens (primary N) is 1. The zero-order valence-electron chi connectivity index (χ0n) is 10.8. The van der Waals surface area contributed by atoms with Crippen molar-refractivity contribution in [2.24, 2.45) is 5.73 Å². The highest BCUT2D eigenvalue weighted by Gasteiger charge is 2.32. The Morgan fingerprint density at radius 2 is 2.18 bits per heavy atom. The maximum absolute atomic E-state index is 5.75. The molecule has 1 saturated heterocycles. The van der Waals surface area contributed by atoms with Crippen LogP contribution >= 0.6 is 0 Å². The Kier molecular flexibility index (Phi) is 3.31. The summed E-state index contributed by atoms with van der Waals surface area (Å²) in [5, 5.41) is 8.22. The van der Waals surface area contributed by atoms with Crippen molar-refractivity contribution in [3.63, 3.8) is 0 Å². The molecular formula is C12H21N5. The summed E-state index contributed by atoms with van der Waals surface area (Å²) in [6, 6.07) is 1.95. The fourth-order valence-electron chi connectivity index (χ4n) is 2.20. The topological polar surface area (TPSA) is 58.3 Å². The van der Waals surface area contributed by atoms with Crippen molar-refractivity contribution in [2.45, 2.75) is 25.9 Å². The lowest BCUT2D eigenvalue weighted by atomic mass is 9.99. The summed E-state index contributed by atoms with van der Waals surface area (Å²) in [6.07, 6.45) is 1.70. The fraction of sp³-hybridized carbons (Fsp3) is 0.667. The van der Waals surface area contributed by atoms with Crippen LogP contribution in [0.3, 0.4) is 0 Å². The predicted molar refractivity (Wildman–Crippen MR) is 68.8 cm³/mol. The molecule has 0 radical (unpaired) electrons. The quantitative estimate of drug-likeness (QED) is 0.807. The van der Waals surface area contributed by atoms with Crippen LogP contribution in [0.25, 0.3) is 0 Å². The highest BCUT2D eigenvalue weighted by molar-refractivity contribution is 5.46. The van der Waals surface area contributed by atoms with Gasteiger partial charge in [0.15, 0.2) is 5.82 Å². The van der Waals surface area contributed by atoms with Gasteiger partial charge in [0.25, 0.3) is 0 Å². The molecular weight excluding hydrogens is 214 g/mol. The van der Waals surface area contributed by atoms with E-state index < -0.39 is 0 Å². The van der Waals surface area contributed by atoms with Gasteiger partial charge in [-0.15, -0.1) is 5.10 Å². The summed E-state index contributed by atoms with van der Waals surface area (Å²) in [6.45, 7) is 7.97. The first kappa shape index (κ1) is 12.3. The molecule has 2 rings (SSSR count). The van der Waals surface area contributed by atoms with Crippen LogP contribution in [0.4, 0.5) is 5.82 Å². The lowest BCUT2D eigenvalue weighted by Gasteiger charge is -2.45. The smallest absolute Gasteiger partial charge is 0.155 e. The molecule has 0 aliphatic carbocycles. The molecule has 0 aromatic carbocycles. The van der Waals surface area contributed by atoms with E-state index in [1.54, 1.807) is 6.20 Å². The number of hydrogen-bond donors (Lipinski definition) is 1. The Morgan fingerprint density at radius 3 is 2.82 bits per heavy atom. The fourth-order valence-corrected chi connectivity index (χ4v) is 2.20. The van der Waals surface area contributed by atoms with Gasteiger partial charge in [0, 0.05) is 37.3 Å². The van der Waals surface area contributed by atoms with E-state index in [0.29, 0.717) is 6.54 Å². The van der Waals surface area contributed by atoms with Crippen LogP contribution in [-0.2, 0) is 6.54 Å².